The van der Waals surface area contributed by atoms with E-state index < -0.39 is 52.4 Å². The molecule has 2 aromatic heterocycles. The Bertz CT molecular complexity index is 1460. The molecule has 0 aliphatic carbocycles. The van der Waals surface area contributed by atoms with Crippen molar-refractivity contribution in [3.63, 3.8) is 0 Å². The van der Waals surface area contributed by atoms with Crippen molar-refractivity contribution in [1.29, 1.82) is 0 Å². The molecule has 0 spiro atoms. The van der Waals surface area contributed by atoms with Crippen LogP contribution in [0.25, 0.3) is 11.0 Å². The molecule has 0 unspecified atom stereocenters. The zero-order valence-corrected chi connectivity index (χ0v) is 20.1. The number of ether oxygens (including phenoxy) is 1. The van der Waals surface area contributed by atoms with Crippen molar-refractivity contribution >= 4 is 28.3 Å². The minimum absolute atomic E-state index is 0.0430. The maximum atomic E-state index is 13.5. The molecule has 0 radical (unpaired) electrons. The van der Waals surface area contributed by atoms with Crippen molar-refractivity contribution in [3.8, 4) is 0 Å². The van der Waals surface area contributed by atoms with Crippen LogP contribution in [0.5, 0.6) is 0 Å². The van der Waals surface area contributed by atoms with E-state index in [1.807, 2.05) is 0 Å². The van der Waals surface area contributed by atoms with Crippen LogP contribution in [0.2, 0.25) is 0 Å². The van der Waals surface area contributed by atoms with Gasteiger partial charge < -0.3 is 20.3 Å². The van der Waals surface area contributed by atoms with Crippen LogP contribution in [0.1, 0.15) is 31.9 Å². The van der Waals surface area contributed by atoms with E-state index in [0.29, 0.717) is 42.3 Å². The predicted octanol–water partition coefficient (Wildman–Crippen LogP) is -0.540. The molecule has 0 bridgehead atoms. The highest BCUT2D eigenvalue weighted by atomic mass is 19.1. The number of nitrogens with zero attached hydrogens (tertiary/aromatic N) is 4. The molecule has 3 aromatic rings. The molecule has 4 rings (SSSR count). The maximum Gasteiger partial charge on any atom is 0.330 e. The fourth-order valence-corrected chi connectivity index (χ4v) is 3.96. The summed E-state index contributed by atoms with van der Waals surface area (Å²) in [6.07, 6.45) is -3.27. The molecule has 18 heteroatoms. The quantitative estimate of drug-likeness (QED) is 0.108. The highest BCUT2D eigenvalue weighted by Crippen LogP contribution is 2.29. The fourth-order valence-electron chi connectivity index (χ4n) is 3.96. The number of carbonyl (C=O) groups is 1. The fraction of sp³-hybridized carbons (Fsp3) is 0.476. The lowest BCUT2D eigenvalue weighted by Crippen LogP contribution is -2.39. The molecular formula is C21H24FN7O10. The lowest BCUT2D eigenvalue weighted by Gasteiger charge is -2.16. The van der Waals surface area contributed by atoms with Crippen molar-refractivity contribution in [2.75, 3.05) is 18.5 Å². The Morgan fingerprint density at radius 3 is 2.74 bits per heavy atom. The van der Waals surface area contributed by atoms with Gasteiger partial charge in [0.1, 0.15) is 24.9 Å². The largest absolute Gasteiger partial charge is 0.387 e. The van der Waals surface area contributed by atoms with E-state index in [2.05, 4.69) is 25.7 Å². The number of halogens is 1. The predicted molar refractivity (Wildman–Crippen MR) is 127 cm³/mol. The van der Waals surface area contributed by atoms with Gasteiger partial charge in [0.15, 0.2) is 11.7 Å². The second kappa shape index (κ2) is 12.1. The summed E-state index contributed by atoms with van der Waals surface area (Å²) in [5.41, 5.74) is 0.515. The number of unbranched alkanes of at least 4 members (excludes halogenated alkanes) is 2. The van der Waals surface area contributed by atoms with Gasteiger partial charge in [-0.3, -0.25) is 34.1 Å². The zero-order chi connectivity index (χ0) is 28.1. The minimum atomic E-state index is -1.63. The van der Waals surface area contributed by atoms with E-state index in [4.69, 9.17) is 9.57 Å². The van der Waals surface area contributed by atoms with Crippen LogP contribution in [0.4, 0.5) is 15.8 Å². The summed E-state index contributed by atoms with van der Waals surface area (Å²) in [6, 6.07) is 2.82. The van der Waals surface area contributed by atoms with Gasteiger partial charge in [0.2, 0.25) is 17.2 Å². The number of rotatable bonds is 12. The van der Waals surface area contributed by atoms with Crippen LogP contribution in [-0.4, -0.2) is 72.4 Å². The third-order valence-electron chi connectivity index (χ3n) is 5.96. The number of nitro benzene ring substituents is 1. The van der Waals surface area contributed by atoms with Crippen LogP contribution in [0.3, 0.4) is 0 Å². The smallest absolute Gasteiger partial charge is 0.330 e. The number of nitro groups is 1. The summed E-state index contributed by atoms with van der Waals surface area (Å²) in [4.78, 5) is 52.3. The Morgan fingerprint density at radius 1 is 1.21 bits per heavy atom. The van der Waals surface area contributed by atoms with E-state index in [1.165, 1.54) is 12.1 Å². The molecule has 17 nitrogen and oxygen atoms in total. The molecule has 1 aliphatic heterocycles. The number of carbonyl (C=O) groups excluding carboxylic acids is 1. The first-order valence-corrected chi connectivity index (χ1v) is 11.7. The van der Waals surface area contributed by atoms with Crippen LogP contribution in [-0.2, 0) is 14.4 Å². The van der Waals surface area contributed by atoms with Crippen LogP contribution in [0.15, 0.2) is 32.5 Å². The Hall–Kier alpha value is -4.26. The van der Waals surface area contributed by atoms with Gasteiger partial charge in [0, 0.05) is 19.0 Å². The summed E-state index contributed by atoms with van der Waals surface area (Å²) in [6.45, 7) is 0.117. The van der Waals surface area contributed by atoms with Gasteiger partial charge in [-0.15, -0.1) is 0 Å². The van der Waals surface area contributed by atoms with Crippen molar-refractivity contribution in [1.82, 2.24) is 25.3 Å². The minimum Gasteiger partial charge on any atom is -0.387 e. The molecule has 5 N–H and O–H groups in total. The number of fused-ring (bicyclic) bond motifs is 1. The number of aromatic amines is 1. The number of anilines is 1. The summed E-state index contributed by atoms with van der Waals surface area (Å²) < 4.78 is 24.1. The molecule has 1 amide bonds. The lowest BCUT2D eigenvalue weighted by atomic mass is 10.1. The maximum absolute atomic E-state index is 13.5. The SMILES string of the molecule is O=C(CCCCCNc1ccc([N+](=O)[O-])c2nonc12)NOC[C@H]1O[C@@H](n2cc(F)c(=O)[nH]c2=O)[C@H](O)[C@@H]1O. The van der Waals surface area contributed by atoms with Crippen LogP contribution < -0.4 is 22.0 Å². The Balaban J connectivity index is 1.14. The summed E-state index contributed by atoms with van der Waals surface area (Å²) >= 11 is 0. The molecule has 1 fully saturated rings. The third kappa shape index (κ3) is 6.25. The van der Waals surface area contributed by atoms with Gasteiger partial charge >= 0.3 is 11.4 Å². The highest BCUT2D eigenvalue weighted by Gasteiger charge is 2.44. The van der Waals surface area contributed by atoms with Crippen molar-refractivity contribution in [3.05, 3.63) is 55.1 Å². The first kappa shape index (κ1) is 27.8. The lowest BCUT2D eigenvalue weighted by molar-refractivity contribution is -0.383. The van der Waals surface area contributed by atoms with E-state index in [9.17, 15) is 39.1 Å². The summed E-state index contributed by atoms with van der Waals surface area (Å²) in [5, 5.41) is 41.7. The number of aromatic nitrogens is 4. The number of hydrogen-bond acceptors (Lipinski definition) is 13. The van der Waals surface area contributed by atoms with Crippen molar-refractivity contribution in [2.24, 2.45) is 0 Å². The van der Waals surface area contributed by atoms with Gasteiger partial charge in [0.05, 0.1) is 16.8 Å². The zero-order valence-electron chi connectivity index (χ0n) is 20.1. The van der Waals surface area contributed by atoms with E-state index in [-0.39, 0.29) is 29.7 Å². The second-order valence-electron chi connectivity index (χ2n) is 8.61. The molecule has 0 saturated carbocycles. The topological polar surface area (TPSA) is 237 Å². The van der Waals surface area contributed by atoms with Gasteiger partial charge in [-0.25, -0.2) is 14.9 Å². The molecule has 39 heavy (non-hydrogen) atoms. The first-order valence-electron chi connectivity index (χ1n) is 11.7. The van der Waals surface area contributed by atoms with Gasteiger partial charge in [-0.05, 0) is 29.2 Å². The number of H-pyrrole nitrogens is 1. The number of benzene rings is 1. The second-order valence-corrected chi connectivity index (χ2v) is 8.61. The molecular weight excluding hydrogens is 529 g/mol. The normalized spacial score (nSPS) is 20.8. The van der Waals surface area contributed by atoms with Crippen LogP contribution in [0, 0.1) is 15.9 Å². The average molecular weight is 553 g/mol. The Kier molecular flexibility index (Phi) is 8.59. The molecule has 3 heterocycles. The molecule has 1 aliphatic rings. The summed E-state index contributed by atoms with van der Waals surface area (Å²) in [7, 11) is 0. The molecule has 210 valence electrons. The number of aliphatic hydroxyl groups excluding tert-OH is 2. The number of nitrogens with one attached hydrogen (secondary N) is 3. The summed E-state index contributed by atoms with van der Waals surface area (Å²) in [5.74, 6) is -1.73. The molecule has 1 saturated heterocycles. The van der Waals surface area contributed by atoms with Gasteiger partial charge in [0.25, 0.3) is 5.56 Å². The molecule has 4 atom stereocenters. The van der Waals surface area contributed by atoms with Gasteiger partial charge in [-0.2, -0.15) is 4.39 Å². The third-order valence-corrected chi connectivity index (χ3v) is 5.96. The number of hydrogen-bond donors (Lipinski definition) is 5. The number of aliphatic hydroxyl groups is 2. The van der Waals surface area contributed by atoms with Crippen molar-refractivity contribution in [2.45, 2.75) is 50.2 Å². The number of non-ortho nitro benzene ring substituents is 1. The van der Waals surface area contributed by atoms with E-state index in [1.54, 1.807) is 4.98 Å². The Labute approximate surface area is 216 Å². The van der Waals surface area contributed by atoms with Crippen molar-refractivity contribution < 1.29 is 38.5 Å². The van der Waals surface area contributed by atoms with Crippen LogP contribution >= 0.6 is 0 Å². The van der Waals surface area contributed by atoms with E-state index in [0.717, 1.165) is 0 Å². The standard InChI is InChI=1S/C21H24FN7O10/c22-10-8-28(21(34)24-19(10)33)20-18(32)17(31)13(38-20)9-37-25-14(30)4-2-1-3-7-23-11-5-6-12(29(35)36)16-15(11)26-39-27-16/h5-6,8,13,17-18,20,23,31-32H,1-4,7,9H2,(H,25,30)(H,24,33,34)/t13-,17-,18-,20-/m1/s1. The van der Waals surface area contributed by atoms with E-state index >= 15 is 0 Å². The number of amides is 1. The average Bonchev–Trinajstić information content (AvgIpc) is 3.49. The van der Waals surface area contributed by atoms with Gasteiger partial charge in [-0.1, -0.05) is 6.42 Å². The molecule has 1 aromatic carbocycles. The highest BCUT2D eigenvalue weighted by molar-refractivity contribution is 5.93. The Morgan fingerprint density at radius 2 is 1.97 bits per heavy atom. The monoisotopic (exact) mass is 553 g/mol. The first-order chi connectivity index (χ1) is 18.7. The number of hydroxylamine groups is 1.